The van der Waals surface area contributed by atoms with Crippen LogP contribution in [0.1, 0.15) is 36.6 Å². The van der Waals surface area contributed by atoms with Gasteiger partial charge in [0, 0.05) is 11.8 Å². The third-order valence-electron chi connectivity index (χ3n) is 5.41. The van der Waals surface area contributed by atoms with Gasteiger partial charge in [0.25, 0.3) is 0 Å². The van der Waals surface area contributed by atoms with Crippen LogP contribution in [0.5, 0.6) is 0 Å². The van der Waals surface area contributed by atoms with E-state index in [4.69, 9.17) is 4.98 Å². The summed E-state index contributed by atoms with van der Waals surface area (Å²) in [6.45, 7) is 0. The summed E-state index contributed by atoms with van der Waals surface area (Å²) in [5.41, 5.74) is 5.88. The molecule has 2 unspecified atom stereocenters. The van der Waals surface area contributed by atoms with Crippen LogP contribution in [0.4, 0.5) is 0 Å². The molecule has 1 saturated carbocycles. The van der Waals surface area contributed by atoms with E-state index in [2.05, 4.69) is 16.5 Å². The molecular weight excluding hydrogens is 356 g/mol. The van der Waals surface area contributed by atoms with E-state index in [1.165, 1.54) is 4.70 Å². The van der Waals surface area contributed by atoms with Gasteiger partial charge < -0.3 is 0 Å². The molecule has 0 aliphatic heterocycles. The van der Waals surface area contributed by atoms with E-state index in [0.29, 0.717) is 0 Å². The first-order chi connectivity index (χ1) is 13.3. The SMILES string of the molecule is O=C(Nn1cnc2ccccc21)C1CCCCC1c1nc2ccccc2s1. The number of rotatable bonds is 3. The number of para-hydroxylation sites is 3. The number of nitrogens with zero attached hydrogens (tertiary/aromatic N) is 3. The van der Waals surface area contributed by atoms with Crippen LogP contribution in [-0.4, -0.2) is 20.6 Å². The number of aromatic nitrogens is 3. The Labute approximate surface area is 161 Å². The van der Waals surface area contributed by atoms with Crippen molar-refractivity contribution in [3.63, 3.8) is 0 Å². The van der Waals surface area contributed by atoms with E-state index in [9.17, 15) is 4.79 Å². The van der Waals surface area contributed by atoms with E-state index in [1.54, 1.807) is 22.3 Å². The number of imidazole rings is 1. The number of thiazole rings is 1. The summed E-state index contributed by atoms with van der Waals surface area (Å²) in [6.07, 6.45) is 5.84. The minimum atomic E-state index is -0.0551. The van der Waals surface area contributed by atoms with Gasteiger partial charge in [-0.1, -0.05) is 37.1 Å². The van der Waals surface area contributed by atoms with Crippen molar-refractivity contribution >= 4 is 38.5 Å². The zero-order valence-electron chi connectivity index (χ0n) is 14.8. The van der Waals surface area contributed by atoms with Gasteiger partial charge in [0.15, 0.2) is 0 Å². The molecule has 0 bridgehead atoms. The molecule has 2 aromatic heterocycles. The predicted octanol–water partition coefficient (Wildman–Crippen LogP) is 4.69. The Morgan fingerprint density at radius 3 is 2.70 bits per heavy atom. The second-order valence-electron chi connectivity index (χ2n) is 7.10. The second kappa shape index (κ2) is 6.78. The summed E-state index contributed by atoms with van der Waals surface area (Å²) in [5.74, 6) is 0.188. The van der Waals surface area contributed by atoms with Gasteiger partial charge in [0.2, 0.25) is 5.91 Å². The highest BCUT2D eigenvalue weighted by Gasteiger charge is 2.34. The third-order valence-corrected chi connectivity index (χ3v) is 6.58. The number of benzene rings is 2. The Hall–Kier alpha value is -2.73. The molecule has 2 heterocycles. The maximum absolute atomic E-state index is 13.1. The van der Waals surface area contributed by atoms with Crippen molar-refractivity contribution in [1.82, 2.24) is 14.6 Å². The van der Waals surface area contributed by atoms with Crippen LogP contribution < -0.4 is 5.43 Å². The lowest BCUT2D eigenvalue weighted by Gasteiger charge is -2.29. The maximum atomic E-state index is 13.1. The fraction of sp³-hybridized carbons (Fsp3) is 0.286. The summed E-state index contributed by atoms with van der Waals surface area (Å²) < 4.78 is 2.93. The van der Waals surface area contributed by atoms with Crippen LogP contribution in [0, 0.1) is 5.92 Å². The number of hydrogen-bond acceptors (Lipinski definition) is 4. The molecular formula is C21H20N4OS. The highest BCUT2D eigenvalue weighted by molar-refractivity contribution is 7.18. The Bertz CT molecular complexity index is 1080. The molecule has 1 aliphatic carbocycles. The van der Waals surface area contributed by atoms with Crippen LogP contribution in [0.25, 0.3) is 21.3 Å². The quantitative estimate of drug-likeness (QED) is 0.564. The minimum absolute atomic E-state index is 0.0551. The highest BCUT2D eigenvalue weighted by Crippen LogP contribution is 2.41. The molecule has 27 heavy (non-hydrogen) atoms. The molecule has 1 aliphatic rings. The predicted molar refractivity (Wildman–Crippen MR) is 108 cm³/mol. The molecule has 5 rings (SSSR count). The standard InChI is InChI=1S/C21H20N4OS/c26-20(24-25-13-22-16-9-3-5-11-18(16)25)14-7-1-2-8-15(14)21-23-17-10-4-6-12-19(17)27-21/h3-6,9-15H,1-2,7-8H2,(H,24,26). The molecule has 0 saturated heterocycles. The van der Waals surface area contributed by atoms with Gasteiger partial charge in [-0.15, -0.1) is 11.3 Å². The molecule has 1 amide bonds. The molecule has 1 N–H and O–H groups in total. The first-order valence-corrected chi connectivity index (χ1v) is 10.2. The number of fused-ring (bicyclic) bond motifs is 2. The van der Waals surface area contributed by atoms with Crippen molar-refractivity contribution in [2.75, 3.05) is 5.43 Å². The topological polar surface area (TPSA) is 59.8 Å². The average molecular weight is 376 g/mol. The smallest absolute Gasteiger partial charge is 0.242 e. The van der Waals surface area contributed by atoms with Crippen molar-refractivity contribution in [1.29, 1.82) is 0 Å². The molecule has 4 aromatic rings. The van der Waals surface area contributed by atoms with Gasteiger partial charge in [-0.2, -0.15) is 0 Å². The molecule has 5 nitrogen and oxygen atoms in total. The molecule has 6 heteroatoms. The number of nitrogens with one attached hydrogen (secondary N) is 1. The van der Waals surface area contributed by atoms with E-state index in [1.807, 2.05) is 42.5 Å². The Morgan fingerprint density at radius 1 is 1.04 bits per heavy atom. The van der Waals surface area contributed by atoms with E-state index < -0.39 is 0 Å². The van der Waals surface area contributed by atoms with Gasteiger partial charge >= 0.3 is 0 Å². The first-order valence-electron chi connectivity index (χ1n) is 9.38. The van der Waals surface area contributed by atoms with Gasteiger partial charge in [-0.25, -0.2) is 14.6 Å². The van der Waals surface area contributed by atoms with Crippen molar-refractivity contribution in [3.8, 4) is 0 Å². The lowest BCUT2D eigenvalue weighted by molar-refractivity contribution is -0.122. The van der Waals surface area contributed by atoms with E-state index in [0.717, 1.165) is 47.2 Å². The van der Waals surface area contributed by atoms with Crippen LogP contribution >= 0.6 is 11.3 Å². The fourth-order valence-electron chi connectivity index (χ4n) is 4.04. The molecule has 1 fully saturated rings. The molecule has 0 radical (unpaired) electrons. The van der Waals surface area contributed by atoms with Crippen LogP contribution in [0.15, 0.2) is 54.9 Å². The summed E-state index contributed by atoms with van der Waals surface area (Å²) in [5, 5.41) is 1.09. The Morgan fingerprint density at radius 2 is 1.81 bits per heavy atom. The first kappa shape index (κ1) is 16.4. The van der Waals surface area contributed by atoms with Gasteiger partial charge in [-0.3, -0.25) is 10.2 Å². The normalized spacial score (nSPS) is 20.1. The summed E-state index contributed by atoms with van der Waals surface area (Å²) >= 11 is 1.73. The number of amides is 1. The largest absolute Gasteiger partial charge is 0.273 e. The van der Waals surface area contributed by atoms with E-state index in [-0.39, 0.29) is 17.7 Å². The zero-order chi connectivity index (χ0) is 18.2. The van der Waals surface area contributed by atoms with Gasteiger partial charge in [-0.05, 0) is 37.1 Å². The van der Waals surface area contributed by atoms with Crippen LogP contribution in [-0.2, 0) is 4.79 Å². The van der Waals surface area contributed by atoms with Gasteiger partial charge in [0.05, 0.1) is 26.3 Å². The van der Waals surface area contributed by atoms with Crippen LogP contribution in [0.3, 0.4) is 0 Å². The maximum Gasteiger partial charge on any atom is 0.242 e. The molecule has 0 spiro atoms. The van der Waals surface area contributed by atoms with Gasteiger partial charge in [0.1, 0.15) is 6.33 Å². The number of carbonyl (C=O) groups is 1. The van der Waals surface area contributed by atoms with Crippen LogP contribution in [0.2, 0.25) is 0 Å². The van der Waals surface area contributed by atoms with Crippen molar-refractivity contribution < 1.29 is 4.79 Å². The average Bonchev–Trinajstić information content (AvgIpc) is 3.32. The Balaban J connectivity index is 1.43. The number of carbonyl (C=O) groups excluding carboxylic acids is 1. The fourth-order valence-corrected chi connectivity index (χ4v) is 5.21. The minimum Gasteiger partial charge on any atom is -0.273 e. The zero-order valence-corrected chi connectivity index (χ0v) is 15.7. The summed E-state index contributed by atoms with van der Waals surface area (Å²) in [7, 11) is 0. The molecule has 2 aromatic carbocycles. The molecule has 136 valence electrons. The summed E-state index contributed by atoms with van der Waals surface area (Å²) in [4.78, 5) is 22.3. The number of hydrogen-bond donors (Lipinski definition) is 1. The monoisotopic (exact) mass is 376 g/mol. The molecule has 2 atom stereocenters. The Kier molecular flexibility index (Phi) is 4.13. The van der Waals surface area contributed by atoms with E-state index >= 15 is 0 Å². The lowest BCUT2D eigenvalue weighted by Crippen LogP contribution is -2.34. The lowest BCUT2D eigenvalue weighted by atomic mass is 9.79. The summed E-state index contributed by atoms with van der Waals surface area (Å²) in [6, 6.07) is 16.0. The van der Waals surface area contributed by atoms with Crippen molar-refractivity contribution in [3.05, 3.63) is 59.9 Å². The van der Waals surface area contributed by atoms with Crippen molar-refractivity contribution in [2.45, 2.75) is 31.6 Å². The highest BCUT2D eigenvalue weighted by atomic mass is 32.1. The van der Waals surface area contributed by atoms with Crippen molar-refractivity contribution in [2.24, 2.45) is 5.92 Å². The second-order valence-corrected chi connectivity index (χ2v) is 8.16. The third kappa shape index (κ3) is 3.00.